The van der Waals surface area contributed by atoms with Gasteiger partial charge in [0.1, 0.15) is 5.52 Å². The maximum Gasteiger partial charge on any atom is 0.263 e. The van der Waals surface area contributed by atoms with Gasteiger partial charge in [-0.15, -0.1) is 0 Å². The van der Waals surface area contributed by atoms with E-state index < -0.39 is 0 Å². The highest BCUT2D eigenvalue weighted by Crippen LogP contribution is 2.25. The third-order valence-electron chi connectivity index (χ3n) is 6.09. The van der Waals surface area contributed by atoms with E-state index in [-0.39, 0.29) is 30.5 Å². The summed E-state index contributed by atoms with van der Waals surface area (Å²) >= 11 is 0. The van der Waals surface area contributed by atoms with Crippen molar-refractivity contribution in [3.63, 3.8) is 0 Å². The Kier molecular flexibility index (Phi) is 6.68. The van der Waals surface area contributed by atoms with Gasteiger partial charge < -0.3 is 30.7 Å². The Balaban J connectivity index is 1.10. The molecule has 0 radical (unpaired) electrons. The first-order valence-electron chi connectivity index (χ1n) is 11.6. The average molecular weight is 478 g/mol. The molecule has 11 nitrogen and oxygen atoms in total. The molecule has 0 bridgehead atoms. The van der Waals surface area contributed by atoms with Crippen LogP contribution in [0.1, 0.15) is 25.0 Å². The first-order chi connectivity index (χ1) is 17.1. The summed E-state index contributed by atoms with van der Waals surface area (Å²) in [5.74, 6) is 1.24. The Morgan fingerprint density at radius 3 is 2.94 bits per heavy atom. The van der Waals surface area contributed by atoms with Gasteiger partial charge in [-0.1, -0.05) is 0 Å². The second kappa shape index (κ2) is 10.2. The van der Waals surface area contributed by atoms with Crippen molar-refractivity contribution in [2.45, 2.75) is 37.9 Å². The van der Waals surface area contributed by atoms with Crippen molar-refractivity contribution in [2.24, 2.45) is 0 Å². The topological polar surface area (TPSA) is 139 Å². The van der Waals surface area contributed by atoms with E-state index >= 15 is 0 Å². The summed E-state index contributed by atoms with van der Waals surface area (Å²) in [7, 11) is 1.55. The molecule has 2 amide bonds. The Morgan fingerprint density at radius 1 is 1.20 bits per heavy atom. The zero-order valence-electron chi connectivity index (χ0n) is 19.3. The molecule has 35 heavy (non-hydrogen) atoms. The van der Waals surface area contributed by atoms with E-state index in [9.17, 15) is 9.59 Å². The fourth-order valence-corrected chi connectivity index (χ4v) is 4.26. The minimum atomic E-state index is -0.199. The number of rotatable bonds is 7. The fraction of sp³-hybridized carbons (Fsp3) is 0.375. The van der Waals surface area contributed by atoms with Crippen LogP contribution in [0.3, 0.4) is 0 Å². The van der Waals surface area contributed by atoms with Crippen LogP contribution < -0.4 is 30.7 Å². The van der Waals surface area contributed by atoms with Gasteiger partial charge in [0, 0.05) is 43.9 Å². The lowest BCUT2D eigenvalue weighted by molar-refractivity contribution is -0.119. The number of fused-ring (bicyclic) bond motifs is 2. The summed E-state index contributed by atoms with van der Waals surface area (Å²) in [6, 6.07) is 9.37. The van der Waals surface area contributed by atoms with Crippen LogP contribution in [0.2, 0.25) is 0 Å². The van der Waals surface area contributed by atoms with E-state index in [1.165, 1.54) is 0 Å². The van der Waals surface area contributed by atoms with Crippen LogP contribution in [0.15, 0.2) is 36.5 Å². The molecule has 0 aromatic carbocycles. The molecule has 2 aliphatic heterocycles. The van der Waals surface area contributed by atoms with E-state index in [1.54, 1.807) is 25.4 Å². The Labute approximate surface area is 202 Å². The Bertz CT molecular complexity index is 1240. The third-order valence-corrected chi connectivity index (χ3v) is 6.09. The van der Waals surface area contributed by atoms with Crippen molar-refractivity contribution in [3.8, 4) is 11.6 Å². The monoisotopic (exact) mass is 477 g/mol. The largest absolute Gasteiger partial charge is 0.481 e. The Hall–Kier alpha value is -3.83. The molecule has 1 fully saturated rings. The van der Waals surface area contributed by atoms with E-state index in [0.717, 1.165) is 25.1 Å². The number of piperidine rings is 1. The molecule has 0 spiro atoms. The molecule has 5 heterocycles. The fourth-order valence-electron chi connectivity index (χ4n) is 4.26. The maximum absolute atomic E-state index is 12.7. The number of hydrogen-bond acceptors (Lipinski definition) is 9. The predicted molar refractivity (Wildman–Crippen MR) is 129 cm³/mol. The second-order valence-electron chi connectivity index (χ2n) is 8.58. The smallest absolute Gasteiger partial charge is 0.263 e. The first-order valence-corrected chi connectivity index (χ1v) is 11.6. The number of nitrogens with zero attached hydrogens (tertiary/aromatic N) is 3. The predicted octanol–water partition coefficient (Wildman–Crippen LogP) is 1.60. The highest BCUT2D eigenvalue weighted by Gasteiger charge is 2.23. The van der Waals surface area contributed by atoms with Crippen molar-refractivity contribution in [2.75, 3.05) is 30.9 Å². The summed E-state index contributed by atoms with van der Waals surface area (Å²) < 4.78 is 10.5. The zero-order chi connectivity index (χ0) is 24.2. The van der Waals surface area contributed by atoms with Gasteiger partial charge >= 0.3 is 0 Å². The van der Waals surface area contributed by atoms with E-state index in [1.807, 2.05) is 18.2 Å². The number of carbonyl (C=O) groups excluding carboxylic acids is 2. The van der Waals surface area contributed by atoms with Crippen molar-refractivity contribution >= 4 is 34.4 Å². The number of pyridine rings is 3. The molecule has 2 atom stereocenters. The lowest BCUT2D eigenvalue weighted by Crippen LogP contribution is -2.48. The molecule has 182 valence electrons. The molecule has 2 aliphatic rings. The van der Waals surface area contributed by atoms with E-state index in [2.05, 4.69) is 36.2 Å². The number of amides is 2. The van der Waals surface area contributed by atoms with Crippen LogP contribution in [0.5, 0.6) is 11.6 Å². The second-order valence-corrected chi connectivity index (χ2v) is 8.58. The summed E-state index contributed by atoms with van der Waals surface area (Å²) in [4.78, 5) is 37.4. The molecular formula is C24H27N7O4. The van der Waals surface area contributed by atoms with Crippen LogP contribution in [0.25, 0.3) is 11.0 Å². The summed E-state index contributed by atoms with van der Waals surface area (Å²) in [6.45, 7) is 1.34. The van der Waals surface area contributed by atoms with Crippen LogP contribution in [-0.4, -0.2) is 59.1 Å². The molecule has 1 saturated heterocycles. The molecule has 11 heteroatoms. The highest BCUT2D eigenvalue weighted by molar-refractivity contribution is 5.99. The Morgan fingerprint density at radius 2 is 2.11 bits per heavy atom. The molecule has 3 aromatic rings. The normalized spacial score (nSPS) is 19.4. The number of aromatic nitrogens is 3. The number of anilines is 2. The number of carbonyl (C=O) groups is 2. The van der Waals surface area contributed by atoms with Gasteiger partial charge in [0.2, 0.25) is 11.8 Å². The lowest BCUT2D eigenvalue weighted by atomic mass is 9.98. The van der Waals surface area contributed by atoms with Crippen molar-refractivity contribution in [1.29, 1.82) is 0 Å². The number of ether oxygens (including phenoxy) is 2. The molecular weight excluding hydrogens is 450 g/mol. The molecule has 0 saturated carbocycles. The van der Waals surface area contributed by atoms with Gasteiger partial charge in [0.05, 0.1) is 24.0 Å². The number of methoxy groups -OCH3 is 1. The van der Waals surface area contributed by atoms with Crippen molar-refractivity contribution in [1.82, 2.24) is 25.6 Å². The van der Waals surface area contributed by atoms with Gasteiger partial charge in [-0.25, -0.2) is 9.97 Å². The molecule has 5 rings (SSSR count). The quantitative estimate of drug-likeness (QED) is 0.399. The van der Waals surface area contributed by atoms with Crippen LogP contribution in [-0.2, 0) is 16.1 Å². The van der Waals surface area contributed by atoms with Crippen molar-refractivity contribution < 1.29 is 19.1 Å². The van der Waals surface area contributed by atoms with Gasteiger partial charge in [0.15, 0.2) is 18.2 Å². The highest BCUT2D eigenvalue weighted by atomic mass is 16.5. The average Bonchev–Trinajstić information content (AvgIpc) is 2.88. The van der Waals surface area contributed by atoms with Crippen LogP contribution in [0.4, 0.5) is 11.5 Å². The van der Waals surface area contributed by atoms with Crippen LogP contribution >= 0.6 is 0 Å². The van der Waals surface area contributed by atoms with E-state index in [0.29, 0.717) is 47.1 Å². The SMILES string of the molecule is COc1ccc2nccc(NC(=O)CC3CCC(NCc4ccc5c(n4)NC(=O)CO5)CN3)c2n1. The summed E-state index contributed by atoms with van der Waals surface area (Å²) in [5.41, 5.74) is 2.74. The number of hydrogen-bond donors (Lipinski definition) is 4. The summed E-state index contributed by atoms with van der Waals surface area (Å²) in [5, 5.41) is 12.7. The molecule has 4 N–H and O–H groups in total. The van der Waals surface area contributed by atoms with Gasteiger partial charge in [-0.3, -0.25) is 14.6 Å². The zero-order valence-corrected chi connectivity index (χ0v) is 19.3. The minimum Gasteiger partial charge on any atom is -0.481 e. The lowest BCUT2D eigenvalue weighted by Gasteiger charge is -2.30. The third kappa shape index (κ3) is 5.47. The first kappa shape index (κ1) is 22.9. The molecule has 0 aliphatic carbocycles. The van der Waals surface area contributed by atoms with Crippen molar-refractivity contribution in [3.05, 3.63) is 42.2 Å². The van der Waals surface area contributed by atoms with Crippen LogP contribution in [0, 0.1) is 0 Å². The molecule has 3 aromatic heterocycles. The summed E-state index contributed by atoms with van der Waals surface area (Å²) in [6.07, 6.45) is 3.83. The van der Waals surface area contributed by atoms with Gasteiger partial charge in [0.25, 0.3) is 5.91 Å². The minimum absolute atomic E-state index is 0.0179. The standard InChI is InChI=1S/C24H27N7O4/c1-34-22-7-5-17-23(31-22)18(8-9-25-17)29-20(32)10-14-2-3-15(11-26-14)27-12-16-4-6-19-24(28-16)30-21(33)13-35-19/h4-9,14-15,26-27H,2-3,10-13H2,1H3,(H,25,29,32)(H,28,30,33). The van der Waals surface area contributed by atoms with E-state index in [4.69, 9.17) is 9.47 Å². The molecule has 2 unspecified atom stereocenters. The maximum atomic E-state index is 12.7. The van der Waals surface area contributed by atoms with Gasteiger partial charge in [-0.05, 0) is 37.1 Å². The van der Waals surface area contributed by atoms with Gasteiger partial charge in [-0.2, -0.15) is 0 Å². The number of nitrogens with one attached hydrogen (secondary N) is 4.